The minimum atomic E-state index is 0.0912. The number of pyridine rings is 1. The van der Waals surface area contributed by atoms with Gasteiger partial charge in [0.2, 0.25) is 5.91 Å². The number of carbonyl (C=O) groups is 1. The first-order valence-electron chi connectivity index (χ1n) is 6.10. The van der Waals surface area contributed by atoms with Gasteiger partial charge >= 0.3 is 0 Å². The Hall–Kier alpha value is -1.58. The van der Waals surface area contributed by atoms with Gasteiger partial charge in [-0.25, -0.2) is 0 Å². The average Bonchev–Trinajstić information content (AvgIpc) is 2.30. The molecule has 2 atom stereocenters. The number of fused-ring (bicyclic) bond motifs is 4. The molecule has 90 valence electrons. The number of nitrogens with zero attached hydrogens (tertiary/aromatic N) is 2. The van der Waals surface area contributed by atoms with Gasteiger partial charge < -0.3 is 9.47 Å². The van der Waals surface area contributed by atoms with Crippen molar-refractivity contribution in [1.82, 2.24) is 9.47 Å². The molecule has 2 aliphatic rings. The monoisotopic (exact) mass is 232 g/mol. The Kier molecular flexibility index (Phi) is 2.31. The fourth-order valence-electron chi connectivity index (χ4n) is 3.15. The molecule has 0 saturated carbocycles. The first-order valence-corrected chi connectivity index (χ1v) is 6.10. The standard InChI is InChI=1S/C13H16N2O2/c1-9(16)14-6-10-5-11(8-14)12-3-2-4-13(17)15(12)7-10/h2-4,10-11H,5-8H2,1H3/t10-,11-/m1/s1. The predicted octanol–water partition coefficient (Wildman–Crippen LogP) is 0.814. The zero-order chi connectivity index (χ0) is 12.0. The first-order chi connectivity index (χ1) is 8.15. The van der Waals surface area contributed by atoms with E-state index in [1.54, 1.807) is 13.0 Å². The van der Waals surface area contributed by atoms with Crippen LogP contribution in [-0.4, -0.2) is 28.5 Å². The van der Waals surface area contributed by atoms with Crippen LogP contribution in [0.5, 0.6) is 0 Å². The van der Waals surface area contributed by atoms with Gasteiger partial charge in [0.25, 0.3) is 5.56 Å². The molecule has 0 unspecified atom stereocenters. The van der Waals surface area contributed by atoms with E-state index in [1.807, 2.05) is 21.6 Å². The van der Waals surface area contributed by atoms with Crippen molar-refractivity contribution in [3.05, 3.63) is 34.2 Å². The third kappa shape index (κ3) is 1.68. The van der Waals surface area contributed by atoms with E-state index in [1.165, 1.54) is 0 Å². The molecule has 1 aromatic rings. The van der Waals surface area contributed by atoms with Crippen LogP contribution in [0, 0.1) is 5.92 Å². The van der Waals surface area contributed by atoms with Crippen LogP contribution in [0.15, 0.2) is 23.0 Å². The third-order valence-electron chi connectivity index (χ3n) is 3.93. The van der Waals surface area contributed by atoms with Gasteiger partial charge in [-0.2, -0.15) is 0 Å². The Morgan fingerprint density at radius 1 is 1.29 bits per heavy atom. The molecule has 0 aliphatic carbocycles. The fourth-order valence-corrected chi connectivity index (χ4v) is 3.15. The summed E-state index contributed by atoms with van der Waals surface area (Å²) in [5, 5.41) is 0. The largest absolute Gasteiger partial charge is 0.342 e. The molecule has 0 aromatic carbocycles. The highest BCUT2D eigenvalue weighted by Crippen LogP contribution is 2.34. The Morgan fingerprint density at radius 2 is 2.12 bits per heavy atom. The Morgan fingerprint density at radius 3 is 2.88 bits per heavy atom. The molecule has 4 nitrogen and oxygen atoms in total. The van der Waals surface area contributed by atoms with Crippen LogP contribution < -0.4 is 5.56 Å². The summed E-state index contributed by atoms with van der Waals surface area (Å²) in [6.45, 7) is 3.94. The van der Waals surface area contributed by atoms with Crippen LogP contribution in [0.25, 0.3) is 0 Å². The smallest absolute Gasteiger partial charge is 0.250 e. The molecule has 2 bridgehead atoms. The predicted molar refractivity (Wildman–Crippen MR) is 63.8 cm³/mol. The van der Waals surface area contributed by atoms with Crippen molar-refractivity contribution in [2.45, 2.75) is 25.8 Å². The molecule has 17 heavy (non-hydrogen) atoms. The van der Waals surface area contributed by atoms with Crippen LogP contribution in [0.1, 0.15) is 25.0 Å². The van der Waals surface area contributed by atoms with Crippen molar-refractivity contribution in [1.29, 1.82) is 0 Å². The molecular formula is C13H16N2O2. The maximum Gasteiger partial charge on any atom is 0.250 e. The van der Waals surface area contributed by atoms with E-state index in [0.717, 1.165) is 31.7 Å². The minimum absolute atomic E-state index is 0.0912. The number of rotatable bonds is 0. The second kappa shape index (κ2) is 3.72. The van der Waals surface area contributed by atoms with Gasteiger partial charge in [0.1, 0.15) is 0 Å². The highest BCUT2D eigenvalue weighted by atomic mass is 16.2. The van der Waals surface area contributed by atoms with Gasteiger partial charge in [-0.05, 0) is 18.4 Å². The fraction of sp³-hybridized carbons (Fsp3) is 0.538. The quantitative estimate of drug-likeness (QED) is 0.664. The van der Waals surface area contributed by atoms with E-state index in [0.29, 0.717) is 11.8 Å². The van der Waals surface area contributed by atoms with E-state index in [4.69, 9.17) is 0 Å². The van der Waals surface area contributed by atoms with Gasteiger partial charge in [-0.15, -0.1) is 0 Å². The number of amides is 1. The maximum absolute atomic E-state index is 11.8. The lowest BCUT2D eigenvalue weighted by Gasteiger charge is -2.42. The van der Waals surface area contributed by atoms with Crippen molar-refractivity contribution in [2.24, 2.45) is 5.92 Å². The molecule has 3 heterocycles. The summed E-state index contributed by atoms with van der Waals surface area (Å²) in [5.74, 6) is 0.914. The molecule has 1 aromatic heterocycles. The summed E-state index contributed by atoms with van der Waals surface area (Å²) >= 11 is 0. The molecule has 1 amide bonds. The van der Waals surface area contributed by atoms with E-state index in [2.05, 4.69) is 0 Å². The van der Waals surface area contributed by atoms with Crippen molar-refractivity contribution < 1.29 is 4.79 Å². The number of carbonyl (C=O) groups excluding carboxylic acids is 1. The van der Waals surface area contributed by atoms with Crippen molar-refractivity contribution in [3.8, 4) is 0 Å². The number of aromatic nitrogens is 1. The highest BCUT2D eigenvalue weighted by Gasteiger charge is 2.35. The molecule has 0 spiro atoms. The van der Waals surface area contributed by atoms with E-state index in [-0.39, 0.29) is 11.5 Å². The molecular weight excluding hydrogens is 216 g/mol. The van der Waals surface area contributed by atoms with Crippen LogP contribution >= 0.6 is 0 Å². The first kappa shape index (κ1) is 10.6. The summed E-state index contributed by atoms with van der Waals surface area (Å²) in [7, 11) is 0. The van der Waals surface area contributed by atoms with E-state index < -0.39 is 0 Å². The Labute approximate surface area is 99.9 Å². The van der Waals surface area contributed by atoms with Crippen molar-refractivity contribution in [3.63, 3.8) is 0 Å². The minimum Gasteiger partial charge on any atom is -0.342 e. The van der Waals surface area contributed by atoms with E-state index in [9.17, 15) is 9.59 Å². The van der Waals surface area contributed by atoms with Crippen molar-refractivity contribution >= 4 is 5.91 Å². The van der Waals surface area contributed by atoms with Gasteiger partial charge in [0.15, 0.2) is 0 Å². The molecule has 0 N–H and O–H groups in total. The lowest BCUT2D eigenvalue weighted by molar-refractivity contribution is -0.131. The zero-order valence-electron chi connectivity index (χ0n) is 9.93. The number of likely N-dealkylation sites (tertiary alicyclic amines) is 1. The molecule has 1 saturated heterocycles. The molecule has 2 aliphatic heterocycles. The lowest BCUT2D eigenvalue weighted by atomic mass is 9.83. The Bertz CT molecular complexity index is 520. The van der Waals surface area contributed by atoms with Crippen LogP contribution in [0.3, 0.4) is 0 Å². The average molecular weight is 232 g/mol. The summed E-state index contributed by atoms with van der Waals surface area (Å²) < 4.78 is 1.89. The summed E-state index contributed by atoms with van der Waals surface area (Å²) in [5.41, 5.74) is 1.19. The number of hydrogen-bond acceptors (Lipinski definition) is 2. The molecule has 4 heteroatoms. The number of hydrogen-bond donors (Lipinski definition) is 0. The Balaban J connectivity index is 2.01. The van der Waals surface area contributed by atoms with Crippen LogP contribution in [0.4, 0.5) is 0 Å². The SMILES string of the molecule is CC(=O)N1C[C@H]2C[C@H](C1)c1cccc(=O)n1C2. The second-order valence-corrected chi connectivity index (χ2v) is 5.12. The van der Waals surface area contributed by atoms with Crippen molar-refractivity contribution in [2.75, 3.05) is 13.1 Å². The van der Waals surface area contributed by atoms with Crippen LogP contribution in [0.2, 0.25) is 0 Å². The summed E-state index contributed by atoms with van der Waals surface area (Å²) in [6, 6.07) is 5.46. The molecule has 3 rings (SSSR count). The van der Waals surface area contributed by atoms with Gasteiger partial charge in [0.05, 0.1) is 0 Å². The molecule has 1 fully saturated rings. The molecule has 0 radical (unpaired) electrons. The summed E-state index contributed by atoms with van der Waals surface area (Å²) in [4.78, 5) is 25.2. The van der Waals surface area contributed by atoms with Crippen LogP contribution in [-0.2, 0) is 11.3 Å². The lowest BCUT2D eigenvalue weighted by Crippen LogP contribution is -2.48. The highest BCUT2D eigenvalue weighted by molar-refractivity contribution is 5.73. The normalized spacial score (nSPS) is 26.5. The van der Waals surface area contributed by atoms with Gasteiger partial charge in [-0.3, -0.25) is 9.59 Å². The second-order valence-electron chi connectivity index (χ2n) is 5.12. The summed E-state index contributed by atoms with van der Waals surface area (Å²) in [6.07, 6.45) is 1.10. The van der Waals surface area contributed by atoms with Gasteiger partial charge in [0, 0.05) is 44.2 Å². The maximum atomic E-state index is 11.8. The topological polar surface area (TPSA) is 42.3 Å². The third-order valence-corrected chi connectivity index (χ3v) is 3.93. The zero-order valence-corrected chi connectivity index (χ0v) is 9.93. The van der Waals surface area contributed by atoms with E-state index >= 15 is 0 Å². The number of piperidine rings is 1. The van der Waals surface area contributed by atoms with Gasteiger partial charge in [-0.1, -0.05) is 6.07 Å².